The van der Waals surface area contributed by atoms with Gasteiger partial charge in [0.05, 0.1) is 18.1 Å². The molecule has 0 radical (unpaired) electrons. The predicted molar refractivity (Wildman–Crippen MR) is 89.1 cm³/mol. The third-order valence-corrected chi connectivity index (χ3v) is 3.85. The number of benzene rings is 2. The van der Waals surface area contributed by atoms with E-state index in [1.807, 2.05) is 24.3 Å². The fraction of sp³-hybridized carbons (Fsp3) is 0.0588. The number of halogens is 1. The topological polar surface area (TPSA) is 68.1 Å². The van der Waals surface area contributed by atoms with E-state index < -0.39 is 5.63 Å². The average Bonchev–Trinajstić information content (AvgIpc) is 2.97. The minimum atomic E-state index is -0.489. The minimum Gasteiger partial charge on any atom is -0.493 e. The SMILES string of the molecule is COc1cc(Cl)cc2cc(-c3nc4ccccc4[nH]3)c(=O)oc12. The fourth-order valence-corrected chi connectivity index (χ4v) is 2.78. The van der Waals surface area contributed by atoms with E-state index >= 15 is 0 Å². The molecule has 0 fully saturated rings. The minimum absolute atomic E-state index is 0.345. The summed E-state index contributed by atoms with van der Waals surface area (Å²) in [7, 11) is 1.50. The monoisotopic (exact) mass is 326 g/mol. The third kappa shape index (κ3) is 2.26. The van der Waals surface area contributed by atoms with Gasteiger partial charge < -0.3 is 14.1 Å². The van der Waals surface area contributed by atoms with Crippen LogP contribution in [0.2, 0.25) is 5.02 Å². The highest BCUT2D eigenvalue weighted by atomic mass is 35.5. The summed E-state index contributed by atoms with van der Waals surface area (Å²) in [4.78, 5) is 19.9. The summed E-state index contributed by atoms with van der Waals surface area (Å²) >= 11 is 6.08. The van der Waals surface area contributed by atoms with Crippen molar-refractivity contribution in [3.63, 3.8) is 0 Å². The molecule has 0 aliphatic carbocycles. The number of methoxy groups -OCH3 is 1. The number of H-pyrrole nitrogens is 1. The highest BCUT2D eigenvalue weighted by Crippen LogP contribution is 2.31. The molecule has 0 bridgehead atoms. The Kier molecular flexibility index (Phi) is 3.09. The number of para-hydroxylation sites is 2. The molecule has 4 aromatic rings. The summed E-state index contributed by atoms with van der Waals surface area (Å²) in [5.41, 5.74) is 1.85. The molecule has 114 valence electrons. The van der Waals surface area contributed by atoms with E-state index in [0.717, 1.165) is 11.0 Å². The number of nitrogens with one attached hydrogen (secondary N) is 1. The molecule has 23 heavy (non-hydrogen) atoms. The molecular weight excluding hydrogens is 316 g/mol. The smallest absolute Gasteiger partial charge is 0.347 e. The van der Waals surface area contributed by atoms with Crippen molar-refractivity contribution in [2.24, 2.45) is 0 Å². The third-order valence-electron chi connectivity index (χ3n) is 3.63. The Morgan fingerprint density at radius 3 is 2.83 bits per heavy atom. The first-order valence-electron chi connectivity index (χ1n) is 6.92. The average molecular weight is 327 g/mol. The molecule has 6 heteroatoms. The van der Waals surface area contributed by atoms with Crippen LogP contribution < -0.4 is 10.4 Å². The lowest BCUT2D eigenvalue weighted by Crippen LogP contribution is -2.04. The molecule has 0 saturated heterocycles. The second-order valence-corrected chi connectivity index (χ2v) is 5.51. The van der Waals surface area contributed by atoms with E-state index in [1.165, 1.54) is 7.11 Å². The summed E-state index contributed by atoms with van der Waals surface area (Å²) in [5, 5.41) is 1.17. The van der Waals surface area contributed by atoms with Crippen LogP contribution in [0.1, 0.15) is 0 Å². The summed E-state index contributed by atoms with van der Waals surface area (Å²) in [6.45, 7) is 0. The molecule has 5 nitrogen and oxygen atoms in total. The molecular formula is C17H11ClN2O3. The van der Waals surface area contributed by atoms with Crippen LogP contribution in [0, 0.1) is 0 Å². The molecule has 4 rings (SSSR count). The van der Waals surface area contributed by atoms with Crippen molar-refractivity contribution in [2.75, 3.05) is 7.11 Å². The van der Waals surface area contributed by atoms with E-state index in [4.69, 9.17) is 20.8 Å². The van der Waals surface area contributed by atoms with Gasteiger partial charge in [-0.05, 0) is 24.3 Å². The van der Waals surface area contributed by atoms with Crippen LogP contribution in [0.3, 0.4) is 0 Å². The number of rotatable bonds is 2. The highest BCUT2D eigenvalue weighted by molar-refractivity contribution is 6.31. The molecule has 2 aromatic heterocycles. The first kappa shape index (κ1) is 13.8. The van der Waals surface area contributed by atoms with Crippen LogP contribution >= 0.6 is 11.6 Å². The van der Waals surface area contributed by atoms with Gasteiger partial charge in [-0.2, -0.15) is 0 Å². The number of nitrogens with zero attached hydrogens (tertiary/aromatic N) is 1. The molecule has 1 N–H and O–H groups in total. The lowest BCUT2D eigenvalue weighted by atomic mass is 10.1. The number of hydrogen-bond acceptors (Lipinski definition) is 4. The molecule has 0 amide bonds. The molecule has 0 saturated carbocycles. The lowest BCUT2D eigenvalue weighted by Gasteiger charge is -2.05. The molecule has 2 heterocycles. The van der Waals surface area contributed by atoms with Crippen molar-refractivity contribution in [3.8, 4) is 17.1 Å². The van der Waals surface area contributed by atoms with Crippen molar-refractivity contribution in [3.05, 3.63) is 57.9 Å². The molecule has 2 aromatic carbocycles. The van der Waals surface area contributed by atoms with Gasteiger partial charge in [-0.3, -0.25) is 0 Å². The van der Waals surface area contributed by atoms with Gasteiger partial charge in [-0.1, -0.05) is 23.7 Å². The number of imidazole rings is 1. The van der Waals surface area contributed by atoms with Gasteiger partial charge in [-0.25, -0.2) is 9.78 Å². The van der Waals surface area contributed by atoms with E-state index in [-0.39, 0.29) is 0 Å². The van der Waals surface area contributed by atoms with Crippen molar-refractivity contribution in [1.29, 1.82) is 0 Å². The van der Waals surface area contributed by atoms with Gasteiger partial charge >= 0.3 is 5.63 Å². The Hall–Kier alpha value is -2.79. The Morgan fingerprint density at radius 2 is 2.04 bits per heavy atom. The first-order chi connectivity index (χ1) is 11.2. The van der Waals surface area contributed by atoms with Gasteiger partial charge in [-0.15, -0.1) is 0 Å². The second-order valence-electron chi connectivity index (χ2n) is 5.08. The van der Waals surface area contributed by atoms with Gasteiger partial charge in [0.2, 0.25) is 0 Å². The Morgan fingerprint density at radius 1 is 1.22 bits per heavy atom. The van der Waals surface area contributed by atoms with Crippen LogP contribution in [0.5, 0.6) is 5.75 Å². The number of fused-ring (bicyclic) bond motifs is 2. The van der Waals surface area contributed by atoms with Crippen molar-refractivity contribution in [2.45, 2.75) is 0 Å². The van der Waals surface area contributed by atoms with Crippen molar-refractivity contribution in [1.82, 2.24) is 9.97 Å². The summed E-state index contributed by atoms with van der Waals surface area (Å²) in [6, 6.07) is 12.6. The summed E-state index contributed by atoms with van der Waals surface area (Å²) in [5.74, 6) is 0.876. The number of aromatic nitrogens is 2. The summed E-state index contributed by atoms with van der Waals surface area (Å²) in [6.07, 6.45) is 0. The maximum atomic E-state index is 12.3. The molecule has 0 aliphatic heterocycles. The largest absolute Gasteiger partial charge is 0.493 e. The maximum absolute atomic E-state index is 12.3. The molecule has 0 unspecified atom stereocenters. The summed E-state index contributed by atoms with van der Waals surface area (Å²) < 4.78 is 10.6. The number of aromatic amines is 1. The zero-order valence-corrected chi connectivity index (χ0v) is 12.8. The van der Waals surface area contributed by atoms with Gasteiger partial charge in [0.1, 0.15) is 11.4 Å². The molecule has 0 atom stereocenters. The van der Waals surface area contributed by atoms with Crippen LogP contribution in [0.4, 0.5) is 0 Å². The van der Waals surface area contributed by atoms with E-state index in [0.29, 0.717) is 33.1 Å². The van der Waals surface area contributed by atoms with E-state index in [1.54, 1.807) is 18.2 Å². The standard InChI is InChI=1S/C17H11ClN2O3/c1-22-14-8-10(18)6-9-7-11(17(21)23-15(9)14)16-19-12-4-2-3-5-13(12)20-16/h2-8H,1H3,(H,19,20). The van der Waals surface area contributed by atoms with E-state index in [9.17, 15) is 4.79 Å². The van der Waals surface area contributed by atoms with Crippen LogP contribution in [-0.2, 0) is 0 Å². The molecule has 0 aliphatic rings. The van der Waals surface area contributed by atoms with E-state index in [2.05, 4.69) is 9.97 Å². The fourth-order valence-electron chi connectivity index (χ4n) is 2.56. The molecule has 0 spiro atoms. The van der Waals surface area contributed by atoms with Gasteiger partial charge in [0, 0.05) is 16.5 Å². The number of hydrogen-bond donors (Lipinski definition) is 1. The Balaban J connectivity index is 2.00. The maximum Gasteiger partial charge on any atom is 0.347 e. The highest BCUT2D eigenvalue weighted by Gasteiger charge is 2.15. The zero-order chi connectivity index (χ0) is 16.0. The zero-order valence-electron chi connectivity index (χ0n) is 12.1. The second kappa shape index (κ2) is 5.14. The predicted octanol–water partition coefficient (Wildman–Crippen LogP) is 4.00. The number of ether oxygens (including phenoxy) is 1. The van der Waals surface area contributed by atoms with Crippen LogP contribution in [-0.4, -0.2) is 17.1 Å². The lowest BCUT2D eigenvalue weighted by molar-refractivity contribution is 0.407. The van der Waals surface area contributed by atoms with Gasteiger partial charge in [0.25, 0.3) is 0 Å². The van der Waals surface area contributed by atoms with Gasteiger partial charge in [0.15, 0.2) is 11.3 Å². The van der Waals surface area contributed by atoms with Crippen LogP contribution in [0.15, 0.2) is 51.7 Å². The van der Waals surface area contributed by atoms with Crippen LogP contribution in [0.25, 0.3) is 33.4 Å². The normalized spacial score (nSPS) is 11.2. The first-order valence-corrected chi connectivity index (χ1v) is 7.30. The van der Waals surface area contributed by atoms with Crippen molar-refractivity contribution < 1.29 is 9.15 Å². The Labute approximate surface area is 135 Å². The quantitative estimate of drug-likeness (QED) is 0.565. The Bertz CT molecular complexity index is 1070. The van der Waals surface area contributed by atoms with Crippen molar-refractivity contribution >= 4 is 33.6 Å².